The van der Waals surface area contributed by atoms with Gasteiger partial charge >= 0.3 is 5.97 Å². The molecule has 2 amide bonds. The standard InChI is InChI=1S/C23H20N2O4/c26-21(29-16-17-7-3-1-4-8-17)15-24-22(27)19-11-13-20(14-12-19)25-23(28)18-9-5-2-6-10-18/h1-14H,15-16H2,(H,24,27)(H,25,28). The molecule has 2 N–H and O–H groups in total. The molecule has 0 aliphatic rings. The third-order valence-corrected chi connectivity index (χ3v) is 4.08. The highest BCUT2D eigenvalue weighted by Crippen LogP contribution is 2.11. The van der Waals surface area contributed by atoms with E-state index in [1.54, 1.807) is 48.5 Å². The summed E-state index contributed by atoms with van der Waals surface area (Å²) in [6.07, 6.45) is 0. The van der Waals surface area contributed by atoms with Gasteiger partial charge in [0, 0.05) is 16.8 Å². The predicted octanol–water partition coefficient (Wildman–Crippen LogP) is 3.41. The van der Waals surface area contributed by atoms with Crippen molar-refractivity contribution in [2.75, 3.05) is 11.9 Å². The van der Waals surface area contributed by atoms with E-state index in [9.17, 15) is 14.4 Å². The number of anilines is 1. The number of esters is 1. The van der Waals surface area contributed by atoms with E-state index < -0.39 is 11.9 Å². The second-order valence-electron chi connectivity index (χ2n) is 6.23. The minimum absolute atomic E-state index is 0.158. The van der Waals surface area contributed by atoms with Crippen molar-refractivity contribution in [3.8, 4) is 0 Å². The van der Waals surface area contributed by atoms with Gasteiger partial charge in [-0.3, -0.25) is 14.4 Å². The van der Waals surface area contributed by atoms with Crippen LogP contribution in [-0.4, -0.2) is 24.3 Å². The number of hydrogen-bond acceptors (Lipinski definition) is 4. The van der Waals surface area contributed by atoms with E-state index >= 15 is 0 Å². The van der Waals surface area contributed by atoms with Crippen LogP contribution in [0.3, 0.4) is 0 Å². The number of ether oxygens (including phenoxy) is 1. The molecule has 0 unspecified atom stereocenters. The minimum Gasteiger partial charge on any atom is -0.460 e. The zero-order chi connectivity index (χ0) is 20.5. The maximum absolute atomic E-state index is 12.2. The summed E-state index contributed by atoms with van der Waals surface area (Å²) in [7, 11) is 0. The fourth-order valence-corrected chi connectivity index (χ4v) is 2.54. The van der Waals surface area contributed by atoms with E-state index in [2.05, 4.69) is 10.6 Å². The Morgan fingerprint density at radius 1 is 0.690 bits per heavy atom. The summed E-state index contributed by atoms with van der Waals surface area (Å²) in [6, 6.07) is 24.5. The zero-order valence-electron chi connectivity index (χ0n) is 15.6. The van der Waals surface area contributed by atoms with Gasteiger partial charge in [0.1, 0.15) is 13.2 Å². The molecule has 6 nitrogen and oxygen atoms in total. The van der Waals surface area contributed by atoms with E-state index in [0.717, 1.165) is 5.56 Å². The van der Waals surface area contributed by atoms with Crippen molar-refractivity contribution in [1.82, 2.24) is 5.32 Å². The Morgan fingerprint density at radius 2 is 1.28 bits per heavy atom. The lowest BCUT2D eigenvalue weighted by molar-refractivity contribution is -0.143. The van der Waals surface area contributed by atoms with E-state index in [-0.39, 0.29) is 19.1 Å². The van der Waals surface area contributed by atoms with Crippen LogP contribution in [0.1, 0.15) is 26.3 Å². The summed E-state index contributed by atoms with van der Waals surface area (Å²) in [5.74, 6) is -1.15. The number of nitrogens with one attached hydrogen (secondary N) is 2. The van der Waals surface area contributed by atoms with Crippen molar-refractivity contribution in [1.29, 1.82) is 0 Å². The van der Waals surface area contributed by atoms with Gasteiger partial charge in [-0.25, -0.2) is 0 Å². The Kier molecular flexibility index (Phi) is 6.73. The van der Waals surface area contributed by atoms with Gasteiger partial charge in [0.2, 0.25) is 0 Å². The number of rotatable bonds is 7. The van der Waals surface area contributed by atoms with Crippen molar-refractivity contribution in [3.63, 3.8) is 0 Å². The Bertz CT molecular complexity index is 971. The molecule has 0 heterocycles. The first kappa shape index (κ1) is 19.8. The van der Waals surface area contributed by atoms with E-state index in [0.29, 0.717) is 16.8 Å². The number of carbonyl (C=O) groups is 3. The molecular weight excluding hydrogens is 368 g/mol. The molecule has 0 saturated carbocycles. The molecule has 29 heavy (non-hydrogen) atoms. The first-order valence-electron chi connectivity index (χ1n) is 9.06. The SMILES string of the molecule is O=C(CNC(=O)c1ccc(NC(=O)c2ccccc2)cc1)OCc1ccccc1. The topological polar surface area (TPSA) is 84.5 Å². The lowest BCUT2D eigenvalue weighted by atomic mass is 10.1. The van der Waals surface area contributed by atoms with Crippen molar-refractivity contribution >= 4 is 23.5 Å². The molecule has 3 aromatic rings. The third-order valence-electron chi connectivity index (χ3n) is 4.08. The number of amides is 2. The third kappa shape index (κ3) is 6.04. The average Bonchev–Trinajstić information content (AvgIpc) is 2.78. The summed E-state index contributed by atoms with van der Waals surface area (Å²) in [4.78, 5) is 36.1. The zero-order valence-corrected chi connectivity index (χ0v) is 15.6. The van der Waals surface area contributed by atoms with Gasteiger partial charge in [-0.15, -0.1) is 0 Å². The van der Waals surface area contributed by atoms with Crippen LogP contribution >= 0.6 is 0 Å². The highest BCUT2D eigenvalue weighted by molar-refractivity contribution is 6.04. The molecule has 0 saturated heterocycles. The Balaban J connectivity index is 1.46. The van der Waals surface area contributed by atoms with E-state index in [4.69, 9.17) is 4.74 Å². The number of benzene rings is 3. The van der Waals surface area contributed by atoms with Crippen LogP contribution in [0.4, 0.5) is 5.69 Å². The molecule has 0 aromatic heterocycles. The molecule has 0 aliphatic carbocycles. The van der Waals surface area contributed by atoms with Crippen LogP contribution in [0.5, 0.6) is 0 Å². The number of carbonyl (C=O) groups excluding carboxylic acids is 3. The molecule has 3 aromatic carbocycles. The maximum Gasteiger partial charge on any atom is 0.325 e. The Labute approximate surface area is 168 Å². The molecule has 0 spiro atoms. The summed E-state index contributed by atoms with van der Waals surface area (Å²) in [5.41, 5.74) is 2.36. The van der Waals surface area contributed by atoms with Crippen LogP contribution in [0.2, 0.25) is 0 Å². The predicted molar refractivity (Wildman–Crippen MR) is 109 cm³/mol. The molecule has 0 atom stereocenters. The van der Waals surface area contributed by atoms with Crippen molar-refractivity contribution in [2.45, 2.75) is 6.61 Å². The summed E-state index contributed by atoms with van der Waals surface area (Å²) < 4.78 is 5.12. The molecule has 0 radical (unpaired) electrons. The normalized spacial score (nSPS) is 10.1. The molecule has 3 rings (SSSR count). The van der Waals surface area contributed by atoms with Gasteiger partial charge in [-0.1, -0.05) is 48.5 Å². The van der Waals surface area contributed by atoms with Crippen molar-refractivity contribution < 1.29 is 19.1 Å². The van der Waals surface area contributed by atoms with Crippen LogP contribution in [0.15, 0.2) is 84.9 Å². The lowest BCUT2D eigenvalue weighted by Gasteiger charge is -2.08. The molecule has 6 heteroatoms. The van der Waals surface area contributed by atoms with Gasteiger partial charge in [-0.05, 0) is 42.0 Å². The van der Waals surface area contributed by atoms with E-state index in [1.807, 2.05) is 36.4 Å². The van der Waals surface area contributed by atoms with Crippen LogP contribution in [0, 0.1) is 0 Å². The number of hydrogen-bond donors (Lipinski definition) is 2. The lowest BCUT2D eigenvalue weighted by Crippen LogP contribution is -2.30. The molecule has 0 fully saturated rings. The van der Waals surface area contributed by atoms with Crippen molar-refractivity contribution in [2.24, 2.45) is 0 Å². The first-order valence-corrected chi connectivity index (χ1v) is 9.06. The van der Waals surface area contributed by atoms with Crippen LogP contribution in [0.25, 0.3) is 0 Å². The summed E-state index contributed by atoms with van der Waals surface area (Å²) in [6.45, 7) is -0.0660. The van der Waals surface area contributed by atoms with Crippen LogP contribution in [-0.2, 0) is 16.1 Å². The Hall–Kier alpha value is -3.93. The first-order chi connectivity index (χ1) is 14.1. The van der Waals surface area contributed by atoms with Gasteiger partial charge in [-0.2, -0.15) is 0 Å². The van der Waals surface area contributed by atoms with Gasteiger partial charge < -0.3 is 15.4 Å². The monoisotopic (exact) mass is 388 g/mol. The highest BCUT2D eigenvalue weighted by atomic mass is 16.5. The van der Waals surface area contributed by atoms with Gasteiger partial charge in [0.25, 0.3) is 11.8 Å². The smallest absolute Gasteiger partial charge is 0.325 e. The van der Waals surface area contributed by atoms with Crippen LogP contribution < -0.4 is 10.6 Å². The summed E-state index contributed by atoms with van der Waals surface area (Å²) >= 11 is 0. The quantitative estimate of drug-likeness (QED) is 0.608. The minimum atomic E-state index is -0.519. The van der Waals surface area contributed by atoms with Gasteiger partial charge in [0.15, 0.2) is 0 Å². The maximum atomic E-state index is 12.2. The summed E-state index contributed by atoms with van der Waals surface area (Å²) in [5, 5.41) is 5.28. The fraction of sp³-hybridized carbons (Fsp3) is 0.0870. The van der Waals surface area contributed by atoms with E-state index in [1.165, 1.54) is 0 Å². The van der Waals surface area contributed by atoms with Crippen molar-refractivity contribution in [3.05, 3.63) is 102 Å². The molecule has 0 bridgehead atoms. The van der Waals surface area contributed by atoms with Gasteiger partial charge in [0.05, 0.1) is 0 Å². The average molecular weight is 388 g/mol. The largest absolute Gasteiger partial charge is 0.460 e. The fourth-order valence-electron chi connectivity index (χ4n) is 2.54. The molecule has 0 aliphatic heterocycles. The Morgan fingerprint density at radius 3 is 1.93 bits per heavy atom. The second-order valence-corrected chi connectivity index (χ2v) is 6.23. The molecule has 146 valence electrons. The highest BCUT2D eigenvalue weighted by Gasteiger charge is 2.10. The molecular formula is C23H20N2O4. The second kappa shape index (κ2) is 9.85.